The van der Waals surface area contributed by atoms with E-state index in [1.54, 1.807) is 60.7 Å². The van der Waals surface area contributed by atoms with Crippen LogP contribution in [0.25, 0.3) is 0 Å². The van der Waals surface area contributed by atoms with E-state index in [1.807, 2.05) is 13.0 Å². The number of nitrogens with zero attached hydrogens (tertiary/aromatic N) is 1. The Balaban J connectivity index is 1.70. The van der Waals surface area contributed by atoms with Gasteiger partial charge in [0.05, 0.1) is 22.8 Å². The van der Waals surface area contributed by atoms with Crippen LogP contribution in [-0.2, 0) is 14.8 Å². The van der Waals surface area contributed by atoms with Gasteiger partial charge in [0, 0.05) is 19.3 Å². The molecule has 0 aliphatic rings. The molecule has 0 radical (unpaired) electrons. The number of sulfonamides is 1. The molecule has 0 atom stereocenters. The summed E-state index contributed by atoms with van der Waals surface area (Å²) in [5, 5.41) is 2.78. The van der Waals surface area contributed by atoms with Gasteiger partial charge in [-0.25, -0.2) is 8.42 Å². The first kappa shape index (κ1) is 23.3. The molecule has 32 heavy (non-hydrogen) atoms. The molecule has 3 rings (SSSR count). The zero-order valence-corrected chi connectivity index (χ0v) is 18.8. The fourth-order valence-corrected chi connectivity index (χ4v) is 4.17. The predicted molar refractivity (Wildman–Crippen MR) is 125 cm³/mol. The highest BCUT2D eigenvalue weighted by atomic mass is 32.2. The highest BCUT2D eigenvalue weighted by Crippen LogP contribution is 2.24. The Labute approximate surface area is 188 Å². The molecule has 0 bridgehead atoms. The van der Waals surface area contributed by atoms with Crippen LogP contribution >= 0.6 is 0 Å². The smallest absolute Gasteiger partial charge is 0.264 e. The number of para-hydroxylation sites is 2. The standard InChI is InChI=1S/C24H26N2O5S/c1-3-30-17-18-31-23-12-8-7-11-22(23)24(27)25-19-13-15-21(16-14-19)32(28,29)26(2)20-9-5-4-6-10-20/h4-16H,3,17-18H2,1-2H3,(H,25,27). The second-order valence-corrected chi connectivity index (χ2v) is 8.80. The van der Waals surface area contributed by atoms with Crippen molar-refractivity contribution in [2.75, 3.05) is 36.5 Å². The summed E-state index contributed by atoms with van der Waals surface area (Å²) < 4.78 is 37.9. The lowest BCUT2D eigenvalue weighted by atomic mass is 10.2. The Morgan fingerprint density at radius 2 is 1.56 bits per heavy atom. The Bertz CT molecular complexity index is 1130. The first-order chi connectivity index (χ1) is 15.4. The van der Waals surface area contributed by atoms with Gasteiger partial charge < -0.3 is 14.8 Å². The molecule has 0 saturated carbocycles. The van der Waals surface area contributed by atoms with E-state index in [0.29, 0.717) is 42.5 Å². The van der Waals surface area contributed by atoms with Gasteiger partial charge in [-0.3, -0.25) is 9.10 Å². The first-order valence-electron chi connectivity index (χ1n) is 10.2. The van der Waals surface area contributed by atoms with Crippen LogP contribution in [0.3, 0.4) is 0 Å². The number of amides is 1. The van der Waals surface area contributed by atoms with Gasteiger partial charge >= 0.3 is 0 Å². The molecule has 1 N–H and O–H groups in total. The van der Waals surface area contributed by atoms with Gasteiger partial charge in [-0.05, 0) is 55.5 Å². The Hall–Kier alpha value is -3.36. The molecule has 0 fully saturated rings. The second kappa shape index (κ2) is 10.8. The average Bonchev–Trinajstić information content (AvgIpc) is 2.82. The number of nitrogens with one attached hydrogen (secondary N) is 1. The van der Waals surface area contributed by atoms with E-state index in [1.165, 1.54) is 23.5 Å². The highest BCUT2D eigenvalue weighted by Gasteiger charge is 2.21. The number of hydrogen-bond donors (Lipinski definition) is 1. The number of ether oxygens (including phenoxy) is 2. The van der Waals surface area contributed by atoms with Crippen molar-refractivity contribution in [3.8, 4) is 5.75 Å². The lowest BCUT2D eigenvalue weighted by Crippen LogP contribution is -2.26. The molecule has 3 aromatic rings. The monoisotopic (exact) mass is 454 g/mol. The van der Waals surface area contributed by atoms with Gasteiger partial charge in [0.1, 0.15) is 12.4 Å². The summed E-state index contributed by atoms with van der Waals surface area (Å²) in [4.78, 5) is 12.9. The predicted octanol–water partition coefficient (Wildman–Crippen LogP) is 4.18. The van der Waals surface area contributed by atoms with Gasteiger partial charge in [-0.2, -0.15) is 0 Å². The number of rotatable bonds is 10. The Morgan fingerprint density at radius 3 is 2.25 bits per heavy atom. The highest BCUT2D eigenvalue weighted by molar-refractivity contribution is 7.92. The van der Waals surface area contributed by atoms with Crippen molar-refractivity contribution in [3.05, 3.63) is 84.4 Å². The number of carbonyl (C=O) groups is 1. The minimum absolute atomic E-state index is 0.126. The third-order valence-corrected chi connectivity index (χ3v) is 6.51. The summed E-state index contributed by atoms with van der Waals surface area (Å²) in [5.41, 5.74) is 1.41. The van der Waals surface area contributed by atoms with E-state index in [0.717, 1.165) is 0 Å². The van der Waals surface area contributed by atoms with Gasteiger partial charge in [0.2, 0.25) is 0 Å². The molecule has 8 heteroatoms. The summed E-state index contributed by atoms with van der Waals surface area (Å²) in [6, 6.07) is 21.8. The zero-order valence-electron chi connectivity index (χ0n) is 18.0. The molecule has 0 saturated heterocycles. The van der Waals surface area contributed by atoms with E-state index in [4.69, 9.17) is 9.47 Å². The Morgan fingerprint density at radius 1 is 0.906 bits per heavy atom. The fourth-order valence-electron chi connectivity index (χ4n) is 2.98. The van der Waals surface area contributed by atoms with Crippen LogP contribution in [-0.4, -0.2) is 41.2 Å². The van der Waals surface area contributed by atoms with Crippen LogP contribution in [0.5, 0.6) is 5.75 Å². The van der Waals surface area contributed by atoms with E-state index in [9.17, 15) is 13.2 Å². The van der Waals surface area contributed by atoms with E-state index in [2.05, 4.69) is 5.32 Å². The van der Waals surface area contributed by atoms with Gasteiger partial charge in [0.25, 0.3) is 15.9 Å². The summed E-state index contributed by atoms with van der Waals surface area (Å²) in [5.74, 6) is 0.0995. The fraction of sp³-hybridized carbons (Fsp3) is 0.208. The molecule has 0 aromatic heterocycles. The molecule has 7 nitrogen and oxygen atoms in total. The average molecular weight is 455 g/mol. The van der Waals surface area contributed by atoms with E-state index >= 15 is 0 Å². The van der Waals surface area contributed by atoms with Crippen molar-refractivity contribution in [1.29, 1.82) is 0 Å². The van der Waals surface area contributed by atoms with Crippen LogP contribution in [0.4, 0.5) is 11.4 Å². The molecule has 0 aliphatic carbocycles. The van der Waals surface area contributed by atoms with Crippen molar-refractivity contribution >= 4 is 27.3 Å². The van der Waals surface area contributed by atoms with Crippen LogP contribution in [0.15, 0.2) is 83.8 Å². The molecule has 168 valence electrons. The maximum absolute atomic E-state index is 12.9. The number of carbonyl (C=O) groups excluding carboxylic acids is 1. The zero-order chi connectivity index (χ0) is 23.0. The van der Waals surface area contributed by atoms with Crippen LogP contribution in [0.1, 0.15) is 17.3 Å². The van der Waals surface area contributed by atoms with Gasteiger partial charge in [0.15, 0.2) is 0 Å². The van der Waals surface area contributed by atoms with E-state index in [-0.39, 0.29) is 10.8 Å². The summed E-state index contributed by atoms with van der Waals surface area (Å²) >= 11 is 0. The first-order valence-corrected chi connectivity index (χ1v) is 11.6. The molecule has 0 aliphatic heterocycles. The third kappa shape index (κ3) is 5.66. The van der Waals surface area contributed by atoms with Crippen molar-refractivity contribution in [2.24, 2.45) is 0 Å². The summed E-state index contributed by atoms with van der Waals surface area (Å²) in [7, 11) is -2.22. The van der Waals surface area contributed by atoms with Crippen molar-refractivity contribution in [2.45, 2.75) is 11.8 Å². The van der Waals surface area contributed by atoms with Crippen molar-refractivity contribution in [1.82, 2.24) is 0 Å². The van der Waals surface area contributed by atoms with E-state index < -0.39 is 10.0 Å². The Kier molecular flexibility index (Phi) is 7.86. The number of benzene rings is 3. The molecule has 3 aromatic carbocycles. The van der Waals surface area contributed by atoms with Gasteiger partial charge in [-0.1, -0.05) is 30.3 Å². The maximum Gasteiger partial charge on any atom is 0.264 e. The van der Waals surface area contributed by atoms with Crippen molar-refractivity contribution < 1.29 is 22.7 Å². The number of hydrogen-bond acceptors (Lipinski definition) is 5. The van der Waals surface area contributed by atoms with Crippen LogP contribution in [0, 0.1) is 0 Å². The molecule has 0 heterocycles. The molecule has 0 unspecified atom stereocenters. The quantitative estimate of drug-likeness (QED) is 0.465. The molecular formula is C24H26N2O5S. The summed E-state index contributed by atoms with van der Waals surface area (Å²) in [6.07, 6.45) is 0. The molecular weight excluding hydrogens is 428 g/mol. The SMILES string of the molecule is CCOCCOc1ccccc1C(=O)Nc1ccc(S(=O)(=O)N(C)c2ccccc2)cc1. The van der Waals surface area contributed by atoms with Crippen LogP contribution < -0.4 is 14.4 Å². The lowest BCUT2D eigenvalue weighted by Gasteiger charge is -2.19. The topological polar surface area (TPSA) is 84.9 Å². The minimum Gasteiger partial charge on any atom is -0.490 e. The lowest BCUT2D eigenvalue weighted by molar-refractivity contribution is 0.0998. The molecule has 1 amide bonds. The van der Waals surface area contributed by atoms with Gasteiger partial charge in [-0.15, -0.1) is 0 Å². The minimum atomic E-state index is -3.72. The largest absolute Gasteiger partial charge is 0.490 e. The second-order valence-electron chi connectivity index (χ2n) is 6.83. The normalized spacial score (nSPS) is 11.1. The third-order valence-electron chi connectivity index (χ3n) is 4.71. The maximum atomic E-state index is 12.9. The summed E-state index contributed by atoms with van der Waals surface area (Å²) in [6.45, 7) is 3.26. The molecule has 0 spiro atoms. The number of anilines is 2. The van der Waals surface area contributed by atoms with Crippen LogP contribution in [0.2, 0.25) is 0 Å². The van der Waals surface area contributed by atoms with Crippen molar-refractivity contribution in [3.63, 3.8) is 0 Å².